The van der Waals surface area contributed by atoms with Crippen LogP contribution in [0.25, 0.3) is 16.7 Å². The molecule has 3 heterocycles. The molecule has 0 spiro atoms. The molecular formula is C12H9N7S. The smallest absolute Gasteiger partial charge is 0.200 e. The number of benzene rings is 1. The van der Waals surface area contributed by atoms with Crippen LogP contribution in [-0.4, -0.2) is 34.8 Å². The largest absolute Gasteiger partial charge is 0.322 e. The fourth-order valence-corrected chi connectivity index (χ4v) is 2.82. The second-order valence-electron chi connectivity index (χ2n) is 4.24. The number of rotatable bonds is 2. The van der Waals surface area contributed by atoms with Crippen molar-refractivity contribution in [3.8, 4) is 0 Å². The summed E-state index contributed by atoms with van der Waals surface area (Å²) in [5.41, 5.74) is 2.69. The van der Waals surface area contributed by atoms with Crippen LogP contribution in [0.4, 0.5) is 0 Å². The highest BCUT2D eigenvalue weighted by Gasteiger charge is 2.10. The van der Waals surface area contributed by atoms with Gasteiger partial charge in [0.2, 0.25) is 0 Å². The lowest BCUT2D eigenvalue weighted by Gasteiger charge is -2.01. The van der Waals surface area contributed by atoms with Gasteiger partial charge in [0.25, 0.3) is 0 Å². The predicted octanol–water partition coefficient (Wildman–Crippen LogP) is 1.56. The number of hydrogen-bond donors (Lipinski definition) is 0. The number of tetrazole rings is 1. The minimum Gasteiger partial charge on any atom is -0.322 e. The molecule has 0 aliphatic carbocycles. The van der Waals surface area contributed by atoms with Crippen LogP contribution in [0.5, 0.6) is 0 Å². The van der Waals surface area contributed by atoms with Gasteiger partial charge in [-0.1, -0.05) is 12.1 Å². The van der Waals surface area contributed by atoms with Crippen molar-refractivity contribution in [2.45, 2.75) is 10.2 Å². The number of aromatic nitrogens is 7. The van der Waals surface area contributed by atoms with E-state index < -0.39 is 0 Å². The summed E-state index contributed by atoms with van der Waals surface area (Å²) in [6.07, 6.45) is 0. The first-order valence-corrected chi connectivity index (χ1v) is 6.78. The zero-order valence-electron chi connectivity index (χ0n) is 10.5. The molecule has 3 aromatic heterocycles. The average Bonchev–Trinajstić information content (AvgIpc) is 3.05. The molecular weight excluding hydrogens is 274 g/mol. The molecule has 0 radical (unpaired) electrons. The SMILES string of the molecule is Cn1c(Sc2ccc3nnnn3n2)nc2ccccc21. The third-order valence-electron chi connectivity index (χ3n) is 2.99. The first kappa shape index (κ1) is 11.4. The van der Waals surface area contributed by atoms with Gasteiger partial charge in [0, 0.05) is 7.05 Å². The second kappa shape index (κ2) is 4.27. The highest BCUT2D eigenvalue weighted by atomic mass is 32.2. The fourth-order valence-electron chi connectivity index (χ4n) is 2.00. The van der Waals surface area contributed by atoms with E-state index in [4.69, 9.17) is 0 Å². The standard InChI is InChI=1S/C12H9N7S/c1-18-9-5-3-2-4-8(9)13-12(18)20-11-7-6-10-14-16-17-19(10)15-11/h2-7H,1H3. The lowest BCUT2D eigenvalue weighted by Crippen LogP contribution is -1.97. The molecule has 0 aliphatic heterocycles. The Labute approximate surface area is 117 Å². The Morgan fingerprint density at radius 3 is 2.90 bits per heavy atom. The van der Waals surface area contributed by atoms with E-state index >= 15 is 0 Å². The van der Waals surface area contributed by atoms with Crippen molar-refractivity contribution in [3.63, 3.8) is 0 Å². The third kappa shape index (κ3) is 1.73. The van der Waals surface area contributed by atoms with Crippen molar-refractivity contribution in [1.82, 2.24) is 34.8 Å². The molecule has 4 rings (SSSR count). The van der Waals surface area contributed by atoms with Crippen molar-refractivity contribution in [1.29, 1.82) is 0 Å². The van der Waals surface area contributed by atoms with Crippen LogP contribution < -0.4 is 0 Å². The number of para-hydroxylation sites is 2. The topological polar surface area (TPSA) is 73.8 Å². The maximum atomic E-state index is 4.60. The lowest BCUT2D eigenvalue weighted by molar-refractivity contribution is 0.700. The van der Waals surface area contributed by atoms with Gasteiger partial charge in [-0.05, 0) is 46.5 Å². The van der Waals surface area contributed by atoms with E-state index in [0.717, 1.165) is 21.2 Å². The molecule has 20 heavy (non-hydrogen) atoms. The normalized spacial score (nSPS) is 11.4. The summed E-state index contributed by atoms with van der Waals surface area (Å²) in [6, 6.07) is 11.7. The summed E-state index contributed by atoms with van der Waals surface area (Å²) < 4.78 is 3.45. The van der Waals surface area contributed by atoms with Gasteiger partial charge in [0.1, 0.15) is 5.03 Å². The minimum atomic E-state index is 0.624. The fraction of sp³-hybridized carbons (Fsp3) is 0.0833. The van der Waals surface area contributed by atoms with Crippen LogP contribution in [-0.2, 0) is 7.05 Å². The Bertz CT molecular complexity index is 910. The molecule has 8 heteroatoms. The van der Waals surface area contributed by atoms with Crippen molar-refractivity contribution >= 4 is 28.4 Å². The molecule has 1 aromatic carbocycles. The molecule has 0 saturated carbocycles. The van der Waals surface area contributed by atoms with E-state index in [0.29, 0.717) is 5.65 Å². The van der Waals surface area contributed by atoms with Crippen molar-refractivity contribution in [3.05, 3.63) is 36.4 Å². The molecule has 0 N–H and O–H groups in total. The van der Waals surface area contributed by atoms with Crippen LogP contribution in [0.3, 0.4) is 0 Å². The molecule has 0 aliphatic rings. The highest BCUT2D eigenvalue weighted by molar-refractivity contribution is 7.99. The molecule has 0 fully saturated rings. The molecule has 0 unspecified atom stereocenters. The van der Waals surface area contributed by atoms with Gasteiger partial charge < -0.3 is 4.57 Å². The Kier molecular flexibility index (Phi) is 2.43. The maximum absolute atomic E-state index is 4.60. The quantitative estimate of drug-likeness (QED) is 0.556. The second-order valence-corrected chi connectivity index (χ2v) is 5.23. The number of imidazole rings is 1. The van der Waals surface area contributed by atoms with E-state index in [-0.39, 0.29) is 0 Å². The zero-order valence-corrected chi connectivity index (χ0v) is 11.3. The Morgan fingerprint density at radius 2 is 2.00 bits per heavy atom. The lowest BCUT2D eigenvalue weighted by atomic mass is 10.3. The minimum absolute atomic E-state index is 0.624. The third-order valence-corrected chi connectivity index (χ3v) is 3.96. The Balaban J connectivity index is 1.77. The van der Waals surface area contributed by atoms with Crippen LogP contribution >= 0.6 is 11.8 Å². The number of fused-ring (bicyclic) bond motifs is 2. The van der Waals surface area contributed by atoms with Crippen LogP contribution in [0.1, 0.15) is 0 Å². The summed E-state index contributed by atoms with van der Waals surface area (Å²) in [5.74, 6) is 0. The van der Waals surface area contributed by atoms with Crippen LogP contribution in [0.2, 0.25) is 0 Å². The number of aryl methyl sites for hydroxylation is 1. The van der Waals surface area contributed by atoms with E-state index in [1.54, 1.807) is 0 Å². The molecule has 0 atom stereocenters. The van der Waals surface area contributed by atoms with Gasteiger partial charge >= 0.3 is 0 Å². The summed E-state index contributed by atoms with van der Waals surface area (Å²) in [5, 5.41) is 17.2. The molecule has 98 valence electrons. The molecule has 0 saturated heterocycles. The van der Waals surface area contributed by atoms with Crippen LogP contribution in [0, 0.1) is 0 Å². The van der Waals surface area contributed by atoms with Gasteiger partial charge in [0.15, 0.2) is 10.8 Å². The maximum Gasteiger partial charge on any atom is 0.200 e. The van der Waals surface area contributed by atoms with E-state index in [1.807, 2.05) is 48.0 Å². The van der Waals surface area contributed by atoms with E-state index in [1.165, 1.54) is 16.4 Å². The molecule has 7 nitrogen and oxygen atoms in total. The Morgan fingerprint density at radius 1 is 1.10 bits per heavy atom. The van der Waals surface area contributed by atoms with Crippen molar-refractivity contribution in [2.24, 2.45) is 7.05 Å². The number of hydrogen-bond acceptors (Lipinski definition) is 6. The molecule has 0 bridgehead atoms. The predicted molar refractivity (Wildman–Crippen MR) is 73.4 cm³/mol. The van der Waals surface area contributed by atoms with Gasteiger partial charge in [-0.25, -0.2) is 4.98 Å². The van der Waals surface area contributed by atoms with Crippen molar-refractivity contribution in [2.75, 3.05) is 0 Å². The zero-order chi connectivity index (χ0) is 13.5. The monoisotopic (exact) mass is 283 g/mol. The molecule has 0 amide bonds. The van der Waals surface area contributed by atoms with Gasteiger partial charge in [-0.15, -0.1) is 14.8 Å². The summed E-state index contributed by atoms with van der Waals surface area (Å²) in [4.78, 5) is 4.60. The van der Waals surface area contributed by atoms with Gasteiger partial charge in [0.05, 0.1) is 11.0 Å². The first-order valence-electron chi connectivity index (χ1n) is 5.96. The highest BCUT2D eigenvalue weighted by Crippen LogP contribution is 2.27. The molecule has 4 aromatic rings. The van der Waals surface area contributed by atoms with Gasteiger partial charge in [-0.2, -0.15) is 0 Å². The van der Waals surface area contributed by atoms with E-state index in [2.05, 4.69) is 25.6 Å². The van der Waals surface area contributed by atoms with E-state index in [9.17, 15) is 0 Å². The average molecular weight is 283 g/mol. The summed E-state index contributed by atoms with van der Waals surface area (Å²) in [6.45, 7) is 0. The number of nitrogens with zero attached hydrogens (tertiary/aromatic N) is 7. The van der Waals surface area contributed by atoms with Gasteiger partial charge in [-0.3, -0.25) is 0 Å². The summed E-state index contributed by atoms with van der Waals surface area (Å²) in [7, 11) is 1.99. The summed E-state index contributed by atoms with van der Waals surface area (Å²) >= 11 is 1.48. The Hall–Kier alpha value is -2.48. The van der Waals surface area contributed by atoms with Crippen LogP contribution in [0.15, 0.2) is 46.6 Å². The first-order chi connectivity index (χ1) is 9.81. The van der Waals surface area contributed by atoms with Crippen molar-refractivity contribution < 1.29 is 0 Å².